The molecule has 0 aromatic heterocycles. The van der Waals surface area contributed by atoms with Crippen molar-refractivity contribution >= 4 is 5.91 Å². The fourth-order valence-electron chi connectivity index (χ4n) is 1.47. The van der Waals surface area contributed by atoms with Crippen molar-refractivity contribution in [3.8, 4) is 0 Å². The summed E-state index contributed by atoms with van der Waals surface area (Å²) >= 11 is 0. The maximum Gasteiger partial charge on any atom is 0.220 e. The number of hydrogen-bond acceptors (Lipinski definition) is 2. The maximum absolute atomic E-state index is 11.4. The van der Waals surface area contributed by atoms with E-state index in [1.807, 2.05) is 13.8 Å². The summed E-state index contributed by atoms with van der Waals surface area (Å²) in [5.74, 6) is 0.745. The van der Waals surface area contributed by atoms with Gasteiger partial charge in [-0.15, -0.1) is 0 Å². The first-order chi connectivity index (χ1) is 6.41. The predicted molar refractivity (Wildman–Crippen MR) is 59.9 cm³/mol. The highest BCUT2D eigenvalue weighted by molar-refractivity contribution is 5.76. The summed E-state index contributed by atoms with van der Waals surface area (Å²) in [6.45, 7) is 8.28. The minimum Gasteiger partial charge on any atom is -0.354 e. The first-order valence-corrected chi connectivity index (χ1v) is 5.46. The number of nitrogens with one attached hydrogen (secondary N) is 1. The lowest BCUT2D eigenvalue weighted by Crippen LogP contribution is -2.34. The monoisotopic (exact) mass is 200 g/mol. The third-order valence-corrected chi connectivity index (χ3v) is 2.06. The zero-order valence-electron chi connectivity index (χ0n) is 9.84. The molecule has 2 atom stereocenters. The number of carbonyl (C=O) groups is 1. The molecule has 0 rings (SSSR count). The molecule has 0 spiro atoms. The Morgan fingerprint density at radius 1 is 1.29 bits per heavy atom. The highest BCUT2D eigenvalue weighted by Crippen LogP contribution is 2.04. The molecule has 3 nitrogen and oxygen atoms in total. The van der Waals surface area contributed by atoms with E-state index in [2.05, 4.69) is 19.2 Å². The number of amides is 1. The van der Waals surface area contributed by atoms with Crippen LogP contribution in [0.3, 0.4) is 0 Å². The Labute approximate surface area is 87.4 Å². The molecule has 0 aromatic carbocycles. The Kier molecular flexibility index (Phi) is 6.54. The van der Waals surface area contributed by atoms with E-state index < -0.39 is 0 Å². The van der Waals surface area contributed by atoms with Crippen LogP contribution in [0, 0.1) is 5.92 Å². The highest BCUT2D eigenvalue weighted by atomic mass is 16.1. The largest absolute Gasteiger partial charge is 0.354 e. The van der Waals surface area contributed by atoms with Gasteiger partial charge in [0.25, 0.3) is 0 Å². The second kappa shape index (κ2) is 6.82. The molecule has 0 fully saturated rings. The van der Waals surface area contributed by atoms with E-state index in [1.165, 1.54) is 0 Å². The van der Waals surface area contributed by atoms with E-state index in [0.717, 1.165) is 12.8 Å². The van der Waals surface area contributed by atoms with E-state index in [-0.39, 0.29) is 18.0 Å². The second-order valence-electron chi connectivity index (χ2n) is 4.61. The zero-order chi connectivity index (χ0) is 11.1. The molecular weight excluding hydrogens is 176 g/mol. The Bertz CT molecular complexity index is 167. The van der Waals surface area contributed by atoms with Gasteiger partial charge in [-0.2, -0.15) is 0 Å². The molecule has 1 amide bonds. The van der Waals surface area contributed by atoms with Gasteiger partial charge in [-0.1, -0.05) is 13.8 Å². The van der Waals surface area contributed by atoms with E-state index >= 15 is 0 Å². The van der Waals surface area contributed by atoms with Gasteiger partial charge >= 0.3 is 0 Å². The maximum atomic E-state index is 11.4. The van der Waals surface area contributed by atoms with Crippen molar-refractivity contribution in [2.75, 3.05) is 0 Å². The Morgan fingerprint density at radius 2 is 1.86 bits per heavy atom. The van der Waals surface area contributed by atoms with Gasteiger partial charge in [0, 0.05) is 18.5 Å². The summed E-state index contributed by atoms with van der Waals surface area (Å²) in [6.07, 6.45) is 2.34. The summed E-state index contributed by atoms with van der Waals surface area (Å²) in [5, 5.41) is 2.97. The molecule has 0 radical (unpaired) electrons. The Morgan fingerprint density at radius 3 is 2.29 bits per heavy atom. The average Bonchev–Trinajstić information content (AvgIpc) is 1.98. The number of rotatable bonds is 6. The number of hydrogen-bond donors (Lipinski definition) is 2. The number of nitrogens with two attached hydrogens (primary N) is 1. The molecule has 0 heterocycles. The predicted octanol–water partition coefficient (Wildman–Crippen LogP) is 1.66. The van der Waals surface area contributed by atoms with Crippen LogP contribution in [0.4, 0.5) is 0 Å². The lowest BCUT2D eigenvalue weighted by atomic mass is 10.0. The first-order valence-electron chi connectivity index (χ1n) is 5.46. The first kappa shape index (κ1) is 13.4. The topological polar surface area (TPSA) is 55.1 Å². The van der Waals surface area contributed by atoms with E-state index in [4.69, 9.17) is 5.73 Å². The fraction of sp³-hybridized carbons (Fsp3) is 0.909. The van der Waals surface area contributed by atoms with Crippen LogP contribution >= 0.6 is 0 Å². The molecule has 0 aliphatic carbocycles. The molecule has 84 valence electrons. The van der Waals surface area contributed by atoms with Gasteiger partial charge in [0.1, 0.15) is 0 Å². The van der Waals surface area contributed by atoms with Gasteiger partial charge in [-0.3, -0.25) is 4.79 Å². The normalized spacial score (nSPS) is 15.3. The quantitative estimate of drug-likeness (QED) is 0.685. The molecule has 0 aliphatic heterocycles. The van der Waals surface area contributed by atoms with Gasteiger partial charge in [-0.25, -0.2) is 0 Å². The van der Waals surface area contributed by atoms with E-state index in [9.17, 15) is 4.79 Å². The highest BCUT2D eigenvalue weighted by Gasteiger charge is 2.09. The van der Waals surface area contributed by atoms with Crippen LogP contribution in [0.25, 0.3) is 0 Å². The van der Waals surface area contributed by atoms with E-state index in [1.54, 1.807) is 0 Å². The lowest BCUT2D eigenvalue weighted by Gasteiger charge is -2.16. The van der Waals surface area contributed by atoms with E-state index in [0.29, 0.717) is 12.3 Å². The SMILES string of the molecule is CC(C)CC(C)NC(=O)CCC(C)N. The smallest absolute Gasteiger partial charge is 0.220 e. The van der Waals surface area contributed by atoms with Crippen molar-refractivity contribution in [1.82, 2.24) is 5.32 Å². The Balaban J connectivity index is 3.60. The molecule has 2 unspecified atom stereocenters. The van der Waals surface area contributed by atoms with Crippen molar-refractivity contribution in [3.63, 3.8) is 0 Å². The summed E-state index contributed by atoms with van der Waals surface area (Å²) in [5.41, 5.74) is 5.57. The van der Waals surface area contributed by atoms with Gasteiger partial charge in [0.05, 0.1) is 0 Å². The summed E-state index contributed by atoms with van der Waals surface area (Å²) < 4.78 is 0. The van der Waals surface area contributed by atoms with Gasteiger partial charge in [-0.05, 0) is 32.6 Å². The molecule has 0 aliphatic rings. The third kappa shape index (κ3) is 8.05. The van der Waals surface area contributed by atoms with Crippen molar-refractivity contribution in [1.29, 1.82) is 0 Å². The minimum atomic E-state index is 0.112. The van der Waals surface area contributed by atoms with Crippen molar-refractivity contribution in [2.45, 2.75) is 59.0 Å². The summed E-state index contributed by atoms with van der Waals surface area (Å²) in [7, 11) is 0. The van der Waals surface area contributed by atoms with Gasteiger partial charge in [0.2, 0.25) is 5.91 Å². The van der Waals surface area contributed by atoms with Crippen molar-refractivity contribution < 1.29 is 4.79 Å². The fourth-order valence-corrected chi connectivity index (χ4v) is 1.47. The van der Waals surface area contributed by atoms with Crippen molar-refractivity contribution in [3.05, 3.63) is 0 Å². The average molecular weight is 200 g/mol. The summed E-state index contributed by atoms with van der Waals surface area (Å²) in [4.78, 5) is 11.4. The summed E-state index contributed by atoms with van der Waals surface area (Å²) in [6, 6.07) is 0.386. The molecule has 14 heavy (non-hydrogen) atoms. The third-order valence-electron chi connectivity index (χ3n) is 2.06. The molecule has 0 saturated heterocycles. The molecule has 0 aromatic rings. The van der Waals surface area contributed by atoms with Crippen LogP contribution in [0.15, 0.2) is 0 Å². The van der Waals surface area contributed by atoms with Crippen LogP contribution in [0.2, 0.25) is 0 Å². The lowest BCUT2D eigenvalue weighted by molar-refractivity contribution is -0.121. The zero-order valence-corrected chi connectivity index (χ0v) is 9.84. The van der Waals surface area contributed by atoms with Crippen LogP contribution in [0.5, 0.6) is 0 Å². The van der Waals surface area contributed by atoms with Gasteiger partial charge in [0.15, 0.2) is 0 Å². The van der Waals surface area contributed by atoms with Crippen molar-refractivity contribution in [2.24, 2.45) is 11.7 Å². The Hall–Kier alpha value is -0.570. The molecule has 0 bridgehead atoms. The van der Waals surface area contributed by atoms with Crippen LogP contribution in [-0.4, -0.2) is 18.0 Å². The van der Waals surface area contributed by atoms with Gasteiger partial charge < -0.3 is 11.1 Å². The molecule has 0 saturated carbocycles. The minimum absolute atomic E-state index is 0.112. The van der Waals surface area contributed by atoms with Crippen LogP contribution in [0.1, 0.15) is 47.0 Å². The molecule has 3 heteroatoms. The molecule has 3 N–H and O–H groups in total. The standard InChI is InChI=1S/C11H24N2O/c1-8(2)7-10(4)13-11(14)6-5-9(3)12/h8-10H,5-7,12H2,1-4H3,(H,13,14). The molecular formula is C11H24N2O. The number of carbonyl (C=O) groups excluding carboxylic acids is 1. The van der Waals surface area contributed by atoms with Crippen LogP contribution in [-0.2, 0) is 4.79 Å². The van der Waals surface area contributed by atoms with Crippen LogP contribution < -0.4 is 11.1 Å². The second-order valence-corrected chi connectivity index (χ2v) is 4.61.